The van der Waals surface area contributed by atoms with Gasteiger partial charge in [0.25, 0.3) is 5.91 Å². The van der Waals surface area contributed by atoms with Crippen molar-refractivity contribution in [3.63, 3.8) is 0 Å². The minimum Gasteiger partial charge on any atom is -0.503 e. The monoisotopic (exact) mass is 342 g/mol. The molecule has 5 nitrogen and oxygen atoms in total. The normalized spacial score (nSPS) is 22.6. The fourth-order valence-electron chi connectivity index (χ4n) is 3.87. The molecule has 1 N–H and O–H groups in total. The average Bonchev–Trinajstić information content (AvgIpc) is 2.86. The van der Waals surface area contributed by atoms with Crippen LogP contribution < -0.4 is 0 Å². The van der Waals surface area contributed by atoms with E-state index < -0.39 is 17.4 Å². The van der Waals surface area contributed by atoms with Gasteiger partial charge in [0.05, 0.1) is 11.6 Å². The van der Waals surface area contributed by atoms with Crippen LogP contribution in [-0.4, -0.2) is 32.7 Å². The van der Waals surface area contributed by atoms with Crippen LogP contribution in [0.4, 0.5) is 0 Å². The third-order valence-corrected chi connectivity index (χ3v) is 5.16. The molecule has 1 aromatic rings. The van der Waals surface area contributed by atoms with Crippen molar-refractivity contribution in [1.82, 2.24) is 9.88 Å². The molecule has 1 aliphatic heterocycles. The van der Waals surface area contributed by atoms with E-state index in [-0.39, 0.29) is 23.2 Å². The van der Waals surface area contributed by atoms with E-state index in [4.69, 9.17) is 0 Å². The first-order chi connectivity index (χ1) is 11.8. The van der Waals surface area contributed by atoms with Gasteiger partial charge in [-0.2, -0.15) is 0 Å². The maximum absolute atomic E-state index is 13.0. The molecule has 1 amide bonds. The van der Waals surface area contributed by atoms with Gasteiger partial charge in [-0.25, -0.2) is 0 Å². The minimum atomic E-state index is -0.669. The van der Waals surface area contributed by atoms with Crippen LogP contribution in [0.2, 0.25) is 0 Å². The highest BCUT2D eigenvalue weighted by atomic mass is 16.3. The fourth-order valence-corrected chi connectivity index (χ4v) is 3.87. The lowest BCUT2D eigenvalue weighted by Crippen LogP contribution is -2.41. The number of aromatic nitrogens is 1. The van der Waals surface area contributed by atoms with E-state index >= 15 is 0 Å². The van der Waals surface area contributed by atoms with Crippen LogP contribution in [0.15, 0.2) is 35.9 Å². The summed E-state index contributed by atoms with van der Waals surface area (Å²) in [5, 5.41) is 10.6. The quantitative estimate of drug-likeness (QED) is 0.909. The molecule has 1 aliphatic carbocycles. The van der Waals surface area contributed by atoms with Crippen LogP contribution in [0, 0.1) is 5.41 Å². The molecule has 0 saturated heterocycles. The SMILES string of the molecule is CC(C)(C)C(=O)C1=C(O)C(=O)N(C2CCCCC2)C1c1ccncc1. The standard InChI is InChI=1S/C20H26N2O3/c1-20(2,3)18(24)15-16(13-9-11-21-12-10-13)22(19(25)17(15)23)14-7-5-4-6-8-14/h9-12,14,16,23H,4-8H2,1-3H3. The zero-order chi connectivity index (χ0) is 18.2. The molecule has 1 fully saturated rings. The summed E-state index contributed by atoms with van der Waals surface area (Å²) < 4.78 is 0. The van der Waals surface area contributed by atoms with Gasteiger partial charge in [0.15, 0.2) is 11.5 Å². The van der Waals surface area contributed by atoms with Crippen LogP contribution in [0.25, 0.3) is 0 Å². The second-order valence-corrected chi connectivity index (χ2v) is 8.03. The van der Waals surface area contributed by atoms with E-state index in [1.54, 1.807) is 17.3 Å². The number of nitrogens with zero attached hydrogens (tertiary/aromatic N) is 2. The molecule has 2 heterocycles. The number of carbonyl (C=O) groups excluding carboxylic acids is 2. The molecular weight excluding hydrogens is 316 g/mol. The van der Waals surface area contributed by atoms with Crippen molar-refractivity contribution in [3.05, 3.63) is 41.4 Å². The fraction of sp³-hybridized carbons (Fsp3) is 0.550. The number of rotatable bonds is 3. The average molecular weight is 342 g/mol. The molecule has 0 bridgehead atoms. The Balaban J connectivity index is 2.08. The van der Waals surface area contributed by atoms with E-state index in [1.807, 2.05) is 32.9 Å². The predicted molar refractivity (Wildman–Crippen MR) is 94.8 cm³/mol. The third-order valence-electron chi connectivity index (χ3n) is 5.16. The number of aliphatic hydroxyl groups is 1. The number of carbonyl (C=O) groups is 2. The summed E-state index contributed by atoms with van der Waals surface area (Å²) in [6.45, 7) is 5.44. The van der Waals surface area contributed by atoms with E-state index in [2.05, 4.69) is 4.98 Å². The molecular formula is C20H26N2O3. The number of amides is 1. The summed E-state index contributed by atoms with van der Waals surface area (Å²) in [6, 6.07) is 3.18. The lowest BCUT2D eigenvalue weighted by atomic mass is 9.82. The summed E-state index contributed by atoms with van der Waals surface area (Å²) in [5.74, 6) is -0.980. The molecule has 1 saturated carbocycles. The Morgan fingerprint density at radius 1 is 1.16 bits per heavy atom. The van der Waals surface area contributed by atoms with Crippen molar-refractivity contribution < 1.29 is 14.7 Å². The maximum Gasteiger partial charge on any atom is 0.290 e. The van der Waals surface area contributed by atoms with Gasteiger partial charge in [0.1, 0.15) is 0 Å². The number of aliphatic hydroxyl groups excluding tert-OH is 1. The Hall–Kier alpha value is -2.17. The zero-order valence-corrected chi connectivity index (χ0v) is 15.2. The Labute approximate surface area is 148 Å². The van der Waals surface area contributed by atoms with E-state index in [9.17, 15) is 14.7 Å². The van der Waals surface area contributed by atoms with Crippen molar-refractivity contribution in [2.45, 2.75) is 65.0 Å². The topological polar surface area (TPSA) is 70.5 Å². The van der Waals surface area contributed by atoms with Crippen LogP contribution in [0.3, 0.4) is 0 Å². The van der Waals surface area contributed by atoms with Crippen molar-refractivity contribution in [1.29, 1.82) is 0 Å². The lowest BCUT2D eigenvalue weighted by Gasteiger charge is -2.37. The molecule has 1 atom stereocenters. The number of Topliss-reactive ketones (excluding diaryl/α,β-unsaturated/α-hetero) is 1. The van der Waals surface area contributed by atoms with Crippen LogP contribution in [0.1, 0.15) is 64.5 Å². The third kappa shape index (κ3) is 3.20. The maximum atomic E-state index is 13.0. The molecule has 3 rings (SSSR count). The Kier molecular flexibility index (Phi) is 4.67. The second-order valence-electron chi connectivity index (χ2n) is 8.03. The molecule has 0 spiro atoms. The molecule has 25 heavy (non-hydrogen) atoms. The van der Waals surface area contributed by atoms with E-state index in [1.165, 1.54) is 6.42 Å². The van der Waals surface area contributed by atoms with Crippen molar-refractivity contribution >= 4 is 11.7 Å². The predicted octanol–water partition coefficient (Wildman–Crippen LogP) is 3.72. The number of hydrogen-bond donors (Lipinski definition) is 1. The molecule has 2 aliphatic rings. The van der Waals surface area contributed by atoms with Gasteiger partial charge in [0, 0.05) is 23.9 Å². The van der Waals surface area contributed by atoms with Crippen molar-refractivity contribution in [2.75, 3.05) is 0 Å². The molecule has 1 unspecified atom stereocenters. The first kappa shape index (κ1) is 17.6. The second kappa shape index (κ2) is 6.62. The number of hydrogen-bond acceptors (Lipinski definition) is 4. The number of pyridine rings is 1. The number of ketones is 1. The van der Waals surface area contributed by atoms with Gasteiger partial charge in [-0.05, 0) is 30.5 Å². The van der Waals surface area contributed by atoms with Crippen LogP contribution >= 0.6 is 0 Å². The summed E-state index contributed by atoms with van der Waals surface area (Å²) in [7, 11) is 0. The first-order valence-corrected chi connectivity index (χ1v) is 9.03. The zero-order valence-electron chi connectivity index (χ0n) is 15.2. The van der Waals surface area contributed by atoms with Crippen LogP contribution in [-0.2, 0) is 9.59 Å². The molecule has 1 aromatic heterocycles. The molecule has 0 aromatic carbocycles. The van der Waals surface area contributed by atoms with Crippen molar-refractivity contribution in [2.24, 2.45) is 5.41 Å². The minimum absolute atomic E-state index is 0.0619. The molecule has 134 valence electrons. The molecule has 0 radical (unpaired) electrons. The summed E-state index contributed by atoms with van der Waals surface area (Å²) in [4.78, 5) is 31.7. The highest BCUT2D eigenvalue weighted by molar-refractivity contribution is 6.10. The highest BCUT2D eigenvalue weighted by Crippen LogP contribution is 2.43. The van der Waals surface area contributed by atoms with Gasteiger partial charge >= 0.3 is 0 Å². The van der Waals surface area contributed by atoms with Gasteiger partial charge in [-0.1, -0.05) is 40.0 Å². The summed E-state index contributed by atoms with van der Waals surface area (Å²) >= 11 is 0. The summed E-state index contributed by atoms with van der Waals surface area (Å²) in [5.41, 5.74) is 0.386. The Bertz CT molecular complexity index is 697. The van der Waals surface area contributed by atoms with Crippen LogP contribution in [0.5, 0.6) is 0 Å². The van der Waals surface area contributed by atoms with Gasteiger partial charge in [-0.3, -0.25) is 14.6 Å². The van der Waals surface area contributed by atoms with Gasteiger partial charge < -0.3 is 10.0 Å². The van der Waals surface area contributed by atoms with Gasteiger partial charge in [0.2, 0.25) is 0 Å². The Morgan fingerprint density at radius 2 is 1.76 bits per heavy atom. The van der Waals surface area contributed by atoms with E-state index in [0.717, 1.165) is 31.2 Å². The van der Waals surface area contributed by atoms with Gasteiger partial charge in [-0.15, -0.1) is 0 Å². The summed E-state index contributed by atoms with van der Waals surface area (Å²) in [6.07, 6.45) is 8.46. The highest BCUT2D eigenvalue weighted by Gasteiger charge is 2.48. The lowest BCUT2D eigenvalue weighted by molar-refractivity contribution is -0.132. The molecule has 5 heteroatoms. The first-order valence-electron chi connectivity index (χ1n) is 9.03. The smallest absolute Gasteiger partial charge is 0.290 e. The van der Waals surface area contributed by atoms with E-state index in [0.29, 0.717) is 0 Å². The van der Waals surface area contributed by atoms with Crippen molar-refractivity contribution in [3.8, 4) is 0 Å². The largest absolute Gasteiger partial charge is 0.503 e. The Morgan fingerprint density at radius 3 is 2.32 bits per heavy atom.